The topological polar surface area (TPSA) is 69.1 Å². The van der Waals surface area contributed by atoms with E-state index in [9.17, 15) is 0 Å². The number of nitrogens with zero attached hydrogens (tertiary/aromatic N) is 4. The monoisotopic (exact) mass is 365 g/mol. The smallest absolute Gasteiger partial charge is 0.212 e. The molecule has 0 saturated carbocycles. The number of hydrogen-bond donors (Lipinski definition) is 1. The van der Waals surface area contributed by atoms with Crippen molar-refractivity contribution in [3.05, 3.63) is 40.1 Å². The summed E-state index contributed by atoms with van der Waals surface area (Å²) in [6, 6.07) is 7.98. The van der Waals surface area contributed by atoms with Gasteiger partial charge in [-0.1, -0.05) is 53.7 Å². The summed E-state index contributed by atoms with van der Waals surface area (Å²) >= 11 is 5.09. The number of halogens is 1. The Labute approximate surface area is 136 Å². The maximum atomic E-state index is 6.20. The van der Waals surface area contributed by atoms with Crippen molar-refractivity contribution in [2.24, 2.45) is 16.8 Å². The van der Waals surface area contributed by atoms with Gasteiger partial charge >= 0.3 is 0 Å². The Morgan fingerprint density at radius 1 is 1.24 bits per heavy atom. The SMILES string of the molecule is CC(C)C(N)c1nnc2n1N=C(c1ccc(Br)cc1)CS2. The van der Waals surface area contributed by atoms with Gasteiger partial charge in [-0.25, -0.2) is 0 Å². The minimum absolute atomic E-state index is 0.167. The maximum absolute atomic E-state index is 6.20. The molecule has 3 rings (SSSR count). The van der Waals surface area contributed by atoms with Crippen LogP contribution in [0.2, 0.25) is 0 Å². The minimum Gasteiger partial charge on any atom is -0.321 e. The fraction of sp³-hybridized carbons (Fsp3) is 0.357. The molecular formula is C14H16BrN5S. The van der Waals surface area contributed by atoms with Gasteiger partial charge in [-0.15, -0.1) is 10.2 Å². The standard InChI is InChI=1S/C14H16BrN5S/c1-8(2)12(16)13-17-18-14-20(13)19-11(7-21-14)9-3-5-10(15)6-4-9/h3-6,8,12H,7,16H2,1-2H3. The average molecular weight is 366 g/mol. The average Bonchev–Trinajstić information content (AvgIpc) is 2.90. The summed E-state index contributed by atoms with van der Waals surface area (Å²) in [6.07, 6.45) is 0. The van der Waals surface area contributed by atoms with Crippen molar-refractivity contribution >= 4 is 33.4 Å². The minimum atomic E-state index is -0.167. The van der Waals surface area contributed by atoms with E-state index in [0.717, 1.165) is 32.5 Å². The Hall–Kier alpha value is -1.18. The van der Waals surface area contributed by atoms with E-state index in [2.05, 4.69) is 52.1 Å². The number of hydrogen-bond acceptors (Lipinski definition) is 5. The zero-order valence-corrected chi connectivity index (χ0v) is 14.2. The van der Waals surface area contributed by atoms with Gasteiger partial charge in [0.05, 0.1) is 11.8 Å². The number of fused-ring (bicyclic) bond motifs is 1. The second-order valence-corrected chi connectivity index (χ2v) is 7.12. The molecule has 1 atom stereocenters. The number of benzene rings is 1. The summed E-state index contributed by atoms with van der Waals surface area (Å²) < 4.78 is 2.85. The van der Waals surface area contributed by atoms with Crippen LogP contribution in [-0.2, 0) is 0 Å². The van der Waals surface area contributed by atoms with Gasteiger partial charge in [0.2, 0.25) is 5.16 Å². The van der Waals surface area contributed by atoms with Crippen LogP contribution in [0, 0.1) is 5.92 Å². The Morgan fingerprint density at radius 3 is 2.62 bits per heavy atom. The molecule has 1 aromatic heterocycles. The predicted molar refractivity (Wildman–Crippen MR) is 88.6 cm³/mol. The number of rotatable bonds is 3. The van der Waals surface area contributed by atoms with Gasteiger partial charge in [0.25, 0.3) is 0 Å². The Balaban J connectivity index is 2.00. The molecule has 2 N–H and O–H groups in total. The van der Waals surface area contributed by atoms with Crippen LogP contribution < -0.4 is 5.73 Å². The van der Waals surface area contributed by atoms with E-state index in [1.54, 1.807) is 16.4 Å². The molecule has 0 spiro atoms. The van der Waals surface area contributed by atoms with E-state index >= 15 is 0 Å². The first kappa shape index (κ1) is 14.7. The highest BCUT2D eigenvalue weighted by molar-refractivity contribution is 9.10. The third kappa shape index (κ3) is 2.90. The van der Waals surface area contributed by atoms with Crippen LogP contribution in [0.4, 0.5) is 0 Å². The molecule has 0 amide bonds. The molecule has 2 aromatic rings. The molecule has 0 aliphatic carbocycles. The van der Waals surface area contributed by atoms with Gasteiger partial charge < -0.3 is 5.73 Å². The van der Waals surface area contributed by atoms with Crippen molar-refractivity contribution in [3.63, 3.8) is 0 Å². The highest BCUT2D eigenvalue weighted by Crippen LogP contribution is 2.27. The van der Waals surface area contributed by atoms with E-state index in [0.29, 0.717) is 0 Å². The molecule has 21 heavy (non-hydrogen) atoms. The Bertz CT molecular complexity index is 677. The van der Waals surface area contributed by atoms with Crippen molar-refractivity contribution < 1.29 is 0 Å². The molecule has 1 aliphatic heterocycles. The van der Waals surface area contributed by atoms with Crippen LogP contribution in [0.15, 0.2) is 39.0 Å². The molecular weight excluding hydrogens is 350 g/mol. The van der Waals surface area contributed by atoms with Gasteiger partial charge in [-0.05, 0) is 23.6 Å². The lowest BCUT2D eigenvalue weighted by Crippen LogP contribution is -2.23. The Kier molecular flexibility index (Phi) is 4.14. The summed E-state index contributed by atoms with van der Waals surface area (Å²) in [5.74, 6) is 1.80. The molecule has 5 nitrogen and oxygen atoms in total. The third-order valence-electron chi connectivity index (χ3n) is 3.39. The van der Waals surface area contributed by atoms with Gasteiger partial charge in [-0.2, -0.15) is 9.78 Å². The van der Waals surface area contributed by atoms with Crippen LogP contribution >= 0.6 is 27.7 Å². The van der Waals surface area contributed by atoms with Crippen molar-refractivity contribution in [1.82, 2.24) is 14.9 Å². The Morgan fingerprint density at radius 2 is 1.95 bits per heavy atom. The van der Waals surface area contributed by atoms with Gasteiger partial charge in [0.1, 0.15) is 0 Å². The highest BCUT2D eigenvalue weighted by Gasteiger charge is 2.24. The fourth-order valence-electron chi connectivity index (χ4n) is 2.03. The molecule has 110 valence electrons. The summed E-state index contributed by atoms with van der Waals surface area (Å²) in [7, 11) is 0. The summed E-state index contributed by atoms with van der Waals surface area (Å²) in [5.41, 5.74) is 8.32. The second-order valence-electron chi connectivity index (χ2n) is 5.26. The van der Waals surface area contributed by atoms with Crippen molar-refractivity contribution in [3.8, 4) is 0 Å². The first-order chi connectivity index (χ1) is 10.1. The summed E-state index contributed by atoms with van der Waals surface area (Å²) in [5, 5.41) is 13.9. The lowest BCUT2D eigenvalue weighted by Gasteiger charge is -2.18. The first-order valence-corrected chi connectivity index (χ1v) is 8.51. The van der Waals surface area contributed by atoms with E-state index in [1.807, 2.05) is 12.1 Å². The lowest BCUT2D eigenvalue weighted by molar-refractivity contribution is 0.470. The second kappa shape index (κ2) is 5.90. The number of thioether (sulfide) groups is 1. The quantitative estimate of drug-likeness (QED) is 0.907. The van der Waals surface area contributed by atoms with E-state index in [-0.39, 0.29) is 12.0 Å². The van der Waals surface area contributed by atoms with Crippen molar-refractivity contribution in [2.75, 3.05) is 5.75 Å². The third-order valence-corrected chi connectivity index (χ3v) is 4.85. The van der Waals surface area contributed by atoms with Crippen LogP contribution in [0.3, 0.4) is 0 Å². The zero-order chi connectivity index (χ0) is 15.0. The molecule has 1 aliphatic rings. The van der Waals surface area contributed by atoms with Crippen LogP contribution in [0.5, 0.6) is 0 Å². The highest BCUT2D eigenvalue weighted by atomic mass is 79.9. The van der Waals surface area contributed by atoms with Gasteiger partial charge in [-0.3, -0.25) is 0 Å². The van der Waals surface area contributed by atoms with Crippen LogP contribution in [0.25, 0.3) is 0 Å². The normalized spacial score (nSPS) is 15.8. The van der Waals surface area contributed by atoms with Gasteiger partial charge in [0.15, 0.2) is 5.82 Å². The largest absolute Gasteiger partial charge is 0.321 e. The van der Waals surface area contributed by atoms with Crippen molar-refractivity contribution in [2.45, 2.75) is 25.0 Å². The molecule has 7 heteroatoms. The van der Waals surface area contributed by atoms with Crippen LogP contribution in [0.1, 0.15) is 31.3 Å². The first-order valence-electron chi connectivity index (χ1n) is 6.73. The molecule has 0 radical (unpaired) electrons. The molecule has 2 heterocycles. The molecule has 0 fully saturated rings. The van der Waals surface area contributed by atoms with Gasteiger partial charge in [0, 0.05) is 10.2 Å². The van der Waals surface area contributed by atoms with Crippen molar-refractivity contribution in [1.29, 1.82) is 0 Å². The maximum Gasteiger partial charge on any atom is 0.212 e. The molecule has 1 aromatic carbocycles. The fourth-order valence-corrected chi connectivity index (χ4v) is 3.14. The lowest BCUT2D eigenvalue weighted by atomic mass is 10.1. The van der Waals surface area contributed by atoms with E-state index in [4.69, 9.17) is 10.8 Å². The van der Waals surface area contributed by atoms with E-state index < -0.39 is 0 Å². The number of nitrogens with two attached hydrogens (primary N) is 1. The van der Waals surface area contributed by atoms with Crippen LogP contribution in [-0.4, -0.2) is 26.3 Å². The zero-order valence-electron chi connectivity index (χ0n) is 11.8. The molecule has 0 bridgehead atoms. The summed E-state index contributed by atoms with van der Waals surface area (Å²) in [4.78, 5) is 0. The molecule has 0 saturated heterocycles. The van der Waals surface area contributed by atoms with E-state index in [1.165, 1.54) is 0 Å². The number of aromatic nitrogens is 3. The predicted octanol–water partition coefficient (Wildman–Crippen LogP) is 3.05. The molecule has 1 unspecified atom stereocenters. The summed E-state index contributed by atoms with van der Waals surface area (Å²) in [6.45, 7) is 4.14.